The van der Waals surface area contributed by atoms with Crippen LogP contribution in [-0.4, -0.2) is 24.1 Å². The molecule has 0 spiro atoms. The van der Waals surface area contributed by atoms with E-state index >= 15 is 0 Å². The zero-order chi connectivity index (χ0) is 13.3. The molecule has 0 amide bonds. The lowest BCUT2D eigenvalue weighted by atomic mass is 9.56. The molecule has 0 saturated heterocycles. The second-order valence-electron chi connectivity index (χ2n) is 5.54. The topological polar surface area (TPSA) is 60.4 Å². The molecular weight excluding hydrogens is 232 g/mol. The van der Waals surface area contributed by atoms with Crippen LogP contribution in [0.25, 0.3) is 0 Å². The Hall–Kier alpha value is -1.19. The summed E-state index contributed by atoms with van der Waals surface area (Å²) in [5.74, 6) is -1.15. The van der Waals surface area contributed by atoms with E-state index in [-0.39, 0.29) is 24.1 Å². The number of carbonyl (C=O) groups excluding carboxylic acids is 3. The zero-order valence-corrected chi connectivity index (χ0v) is 11.0. The van der Waals surface area contributed by atoms with Crippen LogP contribution in [-0.2, 0) is 19.1 Å². The lowest BCUT2D eigenvalue weighted by molar-refractivity contribution is -0.163. The predicted octanol–water partition coefficient (Wildman–Crippen LogP) is 1.90. The van der Waals surface area contributed by atoms with Crippen LogP contribution >= 0.6 is 0 Å². The number of Topliss-reactive ketones (excluding diaryl/α,β-unsaturated/α-hetero) is 2. The fourth-order valence-electron chi connectivity index (χ4n) is 3.44. The number of rotatable bonds is 2. The fraction of sp³-hybridized carbons (Fsp3) is 0.786. The van der Waals surface area contributed by atoms with Crippen molar-refractivity contribution in [1.29, 1.82) is 0 Å². The van der Waals surface area contributed by atoms with Crippen molar-refractivity contribution in [3.8, 4) is 0 Å². The Balaban J connectivity index is 2.29. The largest absolute Gasteiger partial charge is 0.465 e. The van der Waals surface area contributed by atoms with Crippen LogP contribution in [0.1, 0.15) is 46.0 Å². The van der Waals surface area contributed by atoms with Crippen molar-refractivity contribution in [1.82, 2.24) is 0 Å². The smallest absolute Gasteiger partial charge is 0.316 e. The van der Waals surface area contributed by atoms with Gasteiger partial charge in [0, 0.05) is 18.3 Å². The summed E-state index contributed by atoms with van der Waals surface area (Å²) in [5, 5.41) is 0. The van der Waals surface area contributed by atoms with E-state index in [2.05, 4.69) is 0 Å². The molecule has 100 valence electrons. The molecule has 3 atom stereocenters. The van der Waals surface area contributed by atoms with Gasteiger partial charge in [-0.1, -0.05) is 6.92 Å². The number of carbonyl (C=O) groups is 3. The highest BCUT2D eigenvalue weighted by Crippen LogP contribution is 2.49. The maximum absolute atomic E-state index is 12.1. The van der Waals surface area contributed by atoms with E-state index in [1.54, 1.807) is 6.92 Å². The molecule has 2 fully saturated rings. The molecule has 0 bridgehead atoms. The summed E-state index contributed by atoms with van der Waals surface area (Å²) in [6.07, 6.45) is 3.05. The monoisotopic (exact) mass is 252 g/mol. The highest BCUT2D eigenvalue weighted by atomic mass is 16.5. The van der Waals surface area contributed by atoms with Gasteiger partial charge >= 0.3 is 5.97 Å². The summed E-state index contributed by atoms with van der Waals surface area (Å²) in [7, 11) is 0. The van der Waals surface area contributed by atoms with Crippen LogP contribution in [0, 0.1) is 17.3 Å². The van der Waals surface area contributed by atoms with Crippen LogP contribution in [0.5, 0.6) is 0 Å². The zero-order valence-electron chi connectivity index (χ0n) is 11.0. The van der Waals surface area contributed by atoms with Crippen molar-refractivity contribution in [3.05, 3.63) is 0 Å². The van der Waals surface area contributed by atoms with Gasteiger partial charge in [0.05, 0.1) is 6.61 Å². The van der Waals surface area contributed by atoms with E-state index in [9.17, 15) is 14.4 Å². The minimum Gasteiger partial charge on any atom is -0.465 e. The summed E-state index contributed by atoms with van der Waals surface area (Å²) < 4.78 is 5.01. The quantitative estimate of drug-likeness (QED) is 0.556. The van der Waals surface area contributed by atoms with E-state index in [1.807, 2.05) is 6.92 Å². The average molecular weight is 252 g/mol. The Bertz CT molecular complexity index is 387. The Morgan fingerprint density at radius 1 is 1.39 bits per heavy atom. The summed E-state index contributed by atoms with van der Waals surface area (Å²) in [6.45, 7) is 3.92. The maximum atomic E-state index is 12.1. The molecule has 0 aromatic rings. The third-order valence-electron chi connectivity index (χ3n) is 4.55. The summed E-state index contributed by atoms with van der Waals surface area (Å²) >= 11 is 0. The Morgan fingerprint density at radius 3 is 2.78 bits per heavy atom. The molecule has 2 saturated carbocycles. The average Bonchev–Trinajstić information content (AvgIpc) is 2.32. The molecule has 0 N–H and O–H groups in total. The Kier molecular flexibility index (Phi) is 3.55. The number of hydrogen-bond donors (Lipinski definition) is 0. The summed E-state index contributed by atoms with van der Waals surface area (Å²) in [5.41, 5.74) is -0.496. The van der Waals surface area contributed by atoms with Crippen LogP contribution in [0.2, 0.25) is 0 Å². The molecular formula is C14H20O4. The van der Waals surface area contributed by atoms with Gasteiger partial charge in [-0.3, -0.25) is 14.4 Å². The minimum absolute atomic E-state index is 0.0503. The molecule has 18 heavy (non-hydrogen) atoms. The molecule has 0 aromatic heterocycles. The van der Waals surface area contributed by atoms with Crippen LogP contribution in [0.15, 0.2) is 0 Å². The number of ether oxygens (including phenoxy) is 1. The van der Waals surface area contributed by atoms with Crippen LogP contribution in [0.4, 0.5) is 0 Å². The molecule has 0 aromatic carbocycles. The first kappa shape index (κ1) is 13.2. The SMILES string of the molecule is CCOC(=O)C1C(=O)CC[C@]2(C)C(=O)CCC[C@H]12. The second kappa shape index (κ2) is 4.82. The highest BCUT2D eigenvalue weighted by Gasteiger charge is 2.54. The van der Waals surface area contributed by atoms with E-state index in [0.29, 0.717) is 19.3 Å². The predicted molar refractivity (Wildman–Crippen MR) is 64.8 cm³/mol. The molecule has 0 radical (unpaired) electrons. The first-order valence-corrected chi connectivity index (χ1v) is 6.73. The highest BCUT2D eigenvalue weighted by molar-refractivity contribution is 6.02. The number of esters is 1. The number of fused-ring (bicyclic) bond motifs is 1. The lowest BCUT2D eigenvalue weighted by Gasteiger charge is -2.46. The van der Waals surface area contributed by atoms with Gasteiger partial charge < -0.3 is 4.74 Å². The van der Waals surface area contributed by atoms with Crippen molar-refractivity contribution in [2.45, 2.75) is 46.0 Å². The standard InChI is InChI=1S/C14H20O4/c1-3-18-13(17)12-9-5-4-6-11(16)14(9,2)8-7-10(12)15/h9,12H,3-8H2,1-2H3/t9-,12?,14+/m1/s1. The van der Waals surface area contributed by atoms with E-state index < -0.39 is 17.3 Å². The maximum Gasteiger partial charge on any atom is 0.316 e. The third kappa shape index (κ3) is 1.98. The normalized spacial score (nSPS) is 36.1. The van der Waals surface area contributed by atoms with Gasteiger partial charge in [-0.15, -0.1) is 0 Å². The first-order chi connectivity index (χ1) is 8.50. The molecule has 0 heterocycles. The summed E-state index contributed by atoms with van der Waals surface area (Å²) in [6, 6.07) is 0. The van der Waals surface area contributed by atoms with E-state index in [4.69, 9.17) is 4.74 Å². The molecule has 2 aliphatic rings. The van der Waals surface area contributed by atoms with Gasteiger partial charge in [0.25, 0.3) is 0 Å². The molecule has 1 unspecified atom stereocenters. The van der Waals surface area contributed by atoms with Crippen molar-refractivity contribution in [2.24, 2.45) is 17.3 Å². The van der Waals surface area contributed by atoms with E-state index in [1.165, 1.54) is 0 Å². The van der Waals surface area contributed by atoms with Crippen LogP contribution < -0.4 is 0 Å². The van der Waals surface area contributed by atoms with Gasteiger partial charge in [0.2, 0.25) is 0 Å². The van der Waals surface area contributed by atoms with Gasteiger partial charge in [-0.05, 0) is 32.1 Å². The van der Waals surface area contributed by atoms with Crippen molar-refractivity contribution >= 4 is 17.5 Å². The second-order valence-corrected chi connectivity index (χ2v) is 5.54. The van der Waals surface area contributed by atoms with Gasteiger partial charge in [0.1, 0.15) is 17.5 Å². The number of ketones is 2. The Labute approximate surface area is 107 Å². The minimum atomic E-state index is -0.715. The first-order valence-electron chi connectivity index (χ1n) is 6.73. The third-order valence-corrected chi connectivity index (χ3v) is 4.55. The van der Waals surface area contributed by atoms with E-state index in [0.717, 1.165) is 12.8 Å². The molecule has 4 nitrogen and oxygen atoms in total. The molecule has 2 rings (SSSR count). The number of hydrogen-bond acceptors (Lipinski definition) is 4. The van der Waals surface area contributed by atoms with Gasteiger partial charge in [-0.2, -0.15) is 0 Å². The molecule has 4 heteroatoms. The molecule has 0 aliphatic heterocycles. The van der Waals surface area contributed by atoms with Gasteiger partial charge in [0.15, 0.2) is 0 Å². The van der Waals surface area contributed by atoms with Crippen molar-refractivity contribution in [2.75, 3.05) is 6.61 Å². The lowest BCUT2D eigenvalue weighted by Crippen LogP contribution is -2.51. The Morgan fingerprint density at radius 2 is 2.11 bits per heavy atom. The summed E-state index contributed by atoms with van der Waals surface area (Å²) in [4.78, 5) is 36.1. The van der Waals surface area contributed by atoms with Crippen molar-refractivity contribution < 1.29 is 19.1 Å². The molecule has 2 aliphatic carbocycles. The van der Waals surface area contributed by atoms with Crippen molar-refractivity contribution in [3.63, 3.8) is 0 Å². The van der Waals surface area contributed by atoms with Gasteiger partial charge in [-0.25, -0.2) is 0 Å². The van der Waals surface area contributed by atoms with Crippen LogP contribution in [0.3, 0.4) is 0 Å². The fourth-order valence-corrected chi connectivity index (χ4v) is 3.44.